The maximum Gasteiger partial charge on any atom is 1.00 e. The Hall–Kier alpha value is -2.36. The van der Waals surface area contributed by atoms with Gasteiger partial charge in [0.25, 0.3) is 0 Å². The van der Waals surface area contributed by atoms with Crippen LogP contribution < -0.4 is 164 Å². The summed E-state index contributed by atoms with van der Waals surface area (Å²) in [5.41, 5.74) is 10.8. The van der Waals surface area contributed by atoms with Gasteiger partial charge in [0.2, 0.25) is 0 Å². The van der Waals surface area contributed by atoms with Crippen molar-refractivity contribution in [3.63, 3.8) is 0 Å². The van der Waals surface area contributed by atoms with Crippen molar-refractivity contribution in [1.82, 2.24) is 0 Å². The van der Waals surface area contributed by atoms with Crippen LogP contribution in [0, 0.1) is 100 Å². The number of nitrogens with zero attached hydrogens (tertiary/aromatic N) is 2. The predicted molar refractivity (Wildman–Crippen MR) is 365 cm³/mol. The standard InChI is InChI=1S/6C13H21NO2.6Li/c6*1-12(2)9-5-6-13(12,3)10(7-9)14-8-11(15)16-4;;;;;;/h6*8-9,15H,5-7H2,1-4H3;;;;;;/q;;;;;;6*+1/p-2/b6*11-8+,14-10?;;;;;;/t6*9-,13+;;;;;;/m111111....../s1. The Morgan fingerprint density at radius 3 is 0.578 bits per heavy atom. The third kappa shape index (κ3) is 17.9. The molecule has 0 aromatic carbocycles. The number of hydrogen-bond acceptors (Lipinski definition) is 14. The first-order chi connectivity index (χ1) is 44.5. The molecule has 12 saturated carbocycles. The van der Waals surface area contributed by atoms with Crippen LogP contribution in [0.15, 0.2) is 82.9 Å². The average Bonchev–Trinajstić information content (AvgIpc) is 1.62. The molecule has 12 aliphatic carbocycles. The van der Waals surface area contributed by atoms with Crippen LogP contribution in [-0.4, -0.2) is 76.9 Å². The molecular weight excluding hydrogens is 1250 g/mol. The molecule has 0 spiro atoms. The van der Waals surface area contributed by atoms with Crippen molar-refractivity contribution in [2.45, 2.75) is 240 Å². The summed E-state index contributed by atoms with van der Waals surface area (Å²) in [5.74, 6) is 2.51. The van der Waals surface area contributed by atoms with Crippen LogP contribution in [0.25, 0.3) is 0 Å². The molecule has 0 saturated heterocycles. The van der Waals surface area contributed by atoms with Crippen LogP contribution in [0.5, 0.6) is 0 Å². The third-order valence-electron chi connectivity index (χ3n) is 30.5. The number of rotatable bonds is 12. The van der Waals surface area contributed by atoms with Crippen LogP contribution in [0.4, 0.5) is 0 Å². The molecular formula is C78H124Li6N6O12+4. The molecule has 12 aliphatic rings. The molecule has 0 aliphatic heterocycles. The molecule has 12 bridgehead atoms. The molecule has 102 heavy (non-hydrogen) atoms. The molecule has 0 aromatic rings. The third-order valence-corrected chi connectivity index (χ3v) is 30.5. The molecule has 0 amide bonds. The van der Waals surface area contributed by atoms with E-state index < -0.39 is 0 Å². The van der Waals surface area contributed by atoms with Gasteiger partial charge in [0.15, 0.2) is 47.6 Å². The zero-order valence-corrected chi connectivity index (χ0v) is 69.4. The second kappa shape index (κ2) is 36.9. The molecule has 18 nitrogen and oxygen atoms in total. The molecule has 0 aromatic heterocycles. The number of aliphatic imine (C=N–C) groups is 2. The largest absolute Gasteiger partial charge is 1.00 e. The van der Waals surface area contributed by atoms with Crippen molar-refractivity contribution < 1.29 is 192 Å². The summed E-state index contributed by atoms with van der Waals surface area (Å²) in [6.07, 6.45) is 30.0. The molecule has 0 radical (unpaired) electrons. The Morgan fingerprint density at radius 2 is 0.451 bits per heavy atom. The zero-order valence-electron chi connectivity index (χ0n) is 69.4. The van der Waals surface area contributed by atoms with Gasteiger partial charge in [-0.05, 0) is 228 Å². The minimum Gasteiger partial charge on any atom is -0.616 e. The van der Waals surface area contributed by atoms with Gasteiger partial charge >= 0.3 is 113 Å². The van der Waals surface area contributed by atoms with Gasteiger partial charge in [0.1, 0.15) is 23.8 Å². The van der Waals surface area contributed by atoms with E-state index in [0.29, 0.717) is 32.5 Å². The smallest absolute Gasteiger partial charge is 0.616 e. The summed E-state index contributed by atoms with van der Waals surface area (Å²) < 4.78 is 27.6. The van der Waals surface area contributed by atoms with E-state index in [2.05, 4.69) is 183 Å². The normalized spacial score (nSPS) is 37.1. The van der Waals surface area contributed by atoms with Gasteiger partial charge in [-0.15, -0.1) is 0 Å². The summed E-state index contributed by atoms with van der Waals surface area (Å²) in [5, 5.41) is 66.5. The number of methoxy groups -OCH3 is 6. The fraction of sp³-hybridized carbons (Fsp3) is 0.769. The van der Waals surface area contributed by atoms with Gasteiger partial charge in [0.05, 0.1) is 33.6 Å². The summed E-state index contributed by atoms with van der Waals surface area (Å²) in [6, 6.07) is 0. The van der Waals surface area contributed by atoms with Crippen molar-refractivity contribution >= 4 is 34.3 Å². The summed E-state index contributed by atoms with van der Waals surface area (Å²) in [4.78, 5) is 21.4. The van der Waals surface area contributed by atoms with Crippen LogP contribution in [0.2, 0.25) is 0 Å². The maximum atomic E-state index is 11.1. The molecule has 24 heteroatoms. The molecule has 0 heterocycles. The predicted octanol–water partition coefficient (Wildman–Crippen LogP) is -13.2. The Kier molecular flexibility index (Phi) is 35.3. The van der Waals surface area contributed by atoms with Gasteiger partial charge in [-0.2, -0.15) is 0 Å². The number of hydrogen-bond donors (Lipinski definition) is 4. The second-order valence-electron chi connectivity index (χ2n) is 34.6. The monoisotopic (exact) mass is 1380 g/mol. The van der Waals surface area contributed by atoms with Gasteiger partial charge in [-0.3, -0.25) is 9.98 Å². The van der Waals surface area contributed by atoms with E-state index in [-0.39, 0.29) is 181 Å². The van der Waals surface area contributed by atoms with Gasteiger partial charge in [-0.1, -0.05) is 96.9 Å². The SMILES string of the molecule is CO/C([O-])=C/N=C1C[C@H]2CC[C@]1(C)C2(C)C.CO/C([O-])=C/N=C1C[C@H]2CC[C@]1(C)C2(C)C.CO/C([O-])=C/[NH+]=C1C[C@H]2CC[C@]1(C)C2(C)C.CO/C([O-])=C/[NH+]=C1C[C@H]2CC[C@]1(C)C2(C)C.CO/C([O-])=C/[NH+]=C1C[C@H]2CC[C@]1(C)C2(C)C.CO/C([O-])=C/[NH+]=C1C[C@H]2CC[C@]1(C)C2(C)C.[Li+].[Li+].[Li+].[Li+].[Li+].[Li+]. The number of nitrogens with one attached hydrogen (secondary N) is 4. The topological polar surface area (TPSA) is 274 Å². The van der Waals surface area contributed by atoms with Crippen LogP contribution in [0.3, 0.4) is 0 Å². The van der Waals surface area contributed by atoms with Crippen molar-refractivity contribution in [2.75, 3.05) is 42.7 Å². The van der Waals surface area contributed by atoms with E-state index in [1.54, 1.807) is 0 Å². The molecule has 540 valence electrons. The van der Waals surface area contributed by atoms with Gasteiger partial charge < -0.3 is 59.1 Å². The van der Waals surface area contributed by atoms with Crippen molar-refractivity contribution in [1.29, 1.82) is 0 Å². The zero-order chi connectivity index (χ0) is 71.8. The summed E-state index contributed by atoms with van der Waals surface area (Å²) >= 11 is 0. The van der Waals surface area contributed by atoms with E-state index >= 15 is 0 Å². The van der Waals surface area contributed by atoms with E-state index in [1.807, 2.05) is 0 Å². The second-order valence-corrected chi connectivity index (χ2v) is 34.6. The first-order valence-electron chi connectivity index (χ1n) is 35.6. The van der Waals surface area contributed by atoms with E-state index in [4.69, 9.17) is 0 Å². The molecule has 12 atom stereocenters. The Labute approximate surface area is 686 Å². The van der Waals surface area contributed by atoms with Gasteiger partial charge in [-0.25, -0.2) is 20.0 Å². The van der Waals surface area contributed by atoms with E-state index in [0.717, 1.165) is 74.0 Å². The van der Waals surface area contributed by atoms with Crippen LogP contribution in [-0.2, 0) is 28.4 Å². The Morgan fingerprint density at radius 1 is 0.284 bits per heavy atom. The number of fused-ring (bicyclic) bond motifs is 12. The number of ether oxygens (including phenoxy) is 6. The summed E-state index contributed by atoms with van der Waals surface area (Å²) in [6.45, 7) is 41.9. The minimum atomic E-state index is -0.364. The average molecular weight is 1380 g/mol. The van der Waals surface area contributed by atoms with Crippen LogP contribution in [0.1, 0.15) is 240 Å². The summed E-state index contributed by atoms with van der Waals surface area (Å²) in [7, 11) is 8.36. The van der Waals surface area contributed by atoms with Crippen molar-refractivity contribution in [3.05, 3.63) is 72.9 Å². The quantitative estimate of drug-likeness (QED) is 0.105. The van der Waals surface area contributed by atoms with Crippen molar-refractivity contribution in [2.24, 2.45) is 110 Å². The van der Waals surface area contributed by atoms with Crippen molar-refractivity contribution in [3.8, 4) is 0 Å². The fourth-order valence-electron chi connectivity index (χ4n) is 20.2. The molecule has 12 rings (SSSR count). The van der Waals surface area contributed by atoms with E-state index in [1.165, 1.54) is 191 Å². The molecule has 4 N–H and O–H groups in total. The first kappa shape index (κ1) is 97.7. The Balaban J connectivity index is 0.000000605. The fourth-order valence-corrected chi connectivity index (χ4v) is 20.2. The molecule has 0 unspecified atom stereocenters. The van der Waals surface area contributed by atoms with E-state index in [9.17, 15) is 30.6 Å². The van der Waals surface area contributed by atoms with Gasteiger partial charge in [0, 0.05) is 60.3 Å². The van der Waals surface area contributed by atoms with Crippen LogP contribution >= 0.6 is 0 Å². The maximum absolute atomic E-state index is 11.1. The molecule has 12 fully saturated rings. The Bertz CT molecular complexity index is 2720. The first-order valence-corrected chi connectivity index (χ1v) is 35.6. The minimum absolute atomic E-state index is 0.